The minimum Gasteiger partial charge on any atom is -0.301 e. The van der Waals surface area contributed by atoms with Crippen LogP contribution in [0.4, 0.5) is 5.13 Å². The van der Waals surface area contributed by atoms with E-state index in [0.717, 1.165) is 29.5 Å². The number of halogens is 1. The number of fused-ring (bicyclic) bond motifs is 1. The Hall–Kier alpha value is -0.940. The molecule has 0 saturated carbocycles. The molecule has 1 atom stereocenters. The van der Waals surface area contributed by atoms with Crippen LogP contribution in [0, 0.1) is 0 Å². The van der Waals surface area contributed by atoms with Gasteiger partial charge in [0.2, 0.25) is 5.91 Å². The molecule has 1 unspecified atom stereocenters. The van der Waals surface area contributed by atoms with Crippen LogP contribution in [0.25, 0.3) is 10.2 Å². The minimum absolute atomic E-state index is 0.0170. The number of benzene rings is 1. The molecule has 2 rings (SSSR count). The molecule has 2 aromatic rings. The molecule has 102 valence electrons. The fourth-order valence-electron chi connectivity index (χ4n) is 1.81. The van der Waals surface area contributed by atoms with Crippen molar-refractivity contribution in [3.8, 4) is 0 Å². The number of alkyl halides is 1. The average Bonchev–Trinajstić information content (AvgIpc) is 2.79. The second kappa shape index (κ2) is 6.48. The summed E-state index contributed by atoms with van der Waals surface area (Å²) in [6.45, 7) is 4.19. The van der Waals surface area contributed by atoms with Crippen molar-refractivity contribution < 1.29 is 4.79 Å². The highest BCUT2D eigenvalue weighted by Gasteiger charge is 2.15. The molecule has 1 aromatic heterocycles. The summed E-state index contributed by atoms with van der Waals surface area (Å²) in [5.41, 5.74) is 2.23. The number of nitrogens with one attached hydrogen (secondary N) is 1. The lowest BCUT2D eigenvalue weighted by Crippen LogP contribution is -2.22. The molecule has 0 radical (unpaired) electrons. The predicted molar refractivity (Wildman–Crippen MR) is 85.3 cm³/mol. The predicted octanol–water partition coefficient (Wildman–Crippen LogP) is 4.36. The van der Waals surface area contributed by atoms with Gasteiger partial charge in [0.1, 0.15) is 0 Å². The zero-order valence-electron chi connectivity index (χ0n) is 11.1. The SMILES string of the molecule is CCCC(Br)C(=O)Nc1nc2ccc(CC)cc2s1. The Balaban J connectivity index is 2.15. The van der Waals surface area contributed by atoms with Gasteiger partial charge in [0.15, 0.2) is 5.13 Å². The highest BCUT2D eigenvalue weighted by molar-refractivity contribution is 9.10. The van der Waals surface area contributed by atoms with E-state index in [1.807, 2.05) is 6.07 Å². The van der Waals surface area contributed by atoms with Gasteiger partial charge in [-0.15, -0.1) is 0 Å². The van der Waals surface area contributed by atoms with E-state index in [9.17, 15) is 4.79 Å². The Morgan fingerprint density at radius 3 is 2.95 bits per heavy atom. The third-order valence-electron chi connectivity index (χ3n) is 2.92. The Bertz CT molecular complexity index is 582. The number of carbonyl (C=O) groups is 1. The van der Waals surface area contributed by atoms with Gasteiger partial charge in [-0.25, -0.2) is 4.98 Å². The maximum Gasteiger partial charge on any atom is 0.239 e. The topological polar surface area (TPSA) is 42.0 Å². The number of rotatable bonds is 5. The molecule has 0 fully saturated rings. The lowest BCUT2D eigenvalue weighted by molar-refractivity contribution is -0.115. The minimum atomic E-state index is -0.143. The van der Waals surface area contributed by atoms with Crippen molar-refractivity contribution in [2.45, 2.75) is 37.9 Å². The van der Waals surface area contributed by atoms with Crippen molar-refractivity contribution in [3.05, 3.63) is 23.8 Å². The maximum absolute atomic E-state index is 11.9. The van der Waals surface area contributed by atoms with Gasteiger partial charge in [0.05, 0.1) is 15.0 Å². The third-order valence-corrected chi connectivity index (χ3v) is 4.73. The van der Waals surface area contributed by atoms with Crippen LogP contribution >= 0.6 is 27.3 Å². The van der Waals surface area contributed by atoms with Crippen molar-refractivity contribution in [3.63, 3.8) is 0 Å². The highest BCUT2D eigenvalue weighted by atomic mass is 79.9. The summed E-state index contributed by atoms with van der Waals surface area (Å²) < 4.78 is 1.12. The first-order valence-electron chi connectivity index (χ1n) is 6.48. The molecule has 1 heterocycles. The zero-order valence-corrected chi connectivity index (χ0v) is 13.5. The number of hydrogen-bond acceptors (Lipinski definition) is 3. The Kier molecular flexibility index (Phi) is 4.93. The fraction of sp³-hybridized carbons (Fsp3) is 0.429. The number of amides is 1. The summed E-state index contributed by atoms with van der Waals surface area (Å²) in [5, 5.41) is 3.55. The average molecular weight is 341 g/mol. The van der Waals surface area contributed by atoms with E-state index in [0.29, 0.717) is 5.13 Å². The van der Waals surface area contributed by atoms with Crippen LogP contribution in [-0.4, -0.2) is 15.7 Å². The molecule has 0 aliphatic carbocycles. The molecule has 0 aliphatic rings. The number of aryl methyl sites for hydroxylation is 1. The summed E-state index contributed by atoms with van der Waals surface area (Å²) in [4.78, 5) is 16.2. The van der Waals surface area contributed by atoms with E-state index in [1.165, 1.54) is 16.9 Å². The van der Waals surface area contributed by atoms with Crippen LogP contribution in [-0.2, 0) is 11.2 Å². The quantitative estimate of drug-likeness (QED) is 0.821. The number of anilines is 1. The first kappa shape index (κ1) is 14.5. The number of thiazole rings is 1. The van der Waals surface area contributed by atoms with Crippen molar-refractivity contribution in [1.82, 2.24) is 4.98 Å². The summed E-state index contributed by atoms with van der Waals surface area (Å²) in [6, 6.07) is 6.23. The van der Waals surface area contributed by atoms with Crippen LogP contribution in [0.5, 0.6) is 0 Å². The largest absolute Gasteiger partial charge is 0.301 e. The van der Waals surface area contributed by atoms with Gasteiger partial charge in [-0.05, 0) is 30.5 Å². The Morgan fingerprint density at radius 2 is 2.26 bits per heavy atom. The number of hydrogen-bond donors (Lipinski definition) is 1. The normalized spacial score (nSPS) is 12.6. The Labute approximate surface area is 125 Å². The molecular weight excluding hydrogens is 324 g/mol. The van der Waals surface area contributed by atoms with Crippen molar-refractivity contribution in [1.29, 1.82) is 0 Å². The molecule has 0 saturated heterocycles. The second-order valence-corrected chi connectivity index (χ2v) is 6.56. The van der Waals surface area contributed by atoms with Crippen LogP contribution in [0.2, 0.25) is 0 Å². The van der Waals surface area contributed by atoms with Crippen LogP contribution in [0.1, 0.15) is 32.3 Å². The highest BCUT2D eigenvalue weighted by Crippen LogP contribution is 2.27. The first-order valence-corrected chi connectivity index (χ1v) is 8.21. The maximum atomic E-state index is 11.9. The monoisotopic (exact) mass is 340 g/mol. The Morgan fingerprint density at radius 1 is 1.47 bits per heavy atom. The molecule has 1 N–H and O–H groups in total. The smallest absolute Gasteiger partial charge is 0.239 e. The van der Waals surface area contributed by atoms with Crippen molar-refractivity contribution in [2.75, 3.05) is 5.32 Å². The zero-order chi connectivity index (χ0) is 13.8. The molecule has 5 heteroatoms. The molecule has 3 nitrogen and oxygen atoms in total. The third kappa shape index (κ3) is 3.54. The fourth-order valence-corrected chi connectivity index (χ4v) is 3.32. The van der Waals surface area contributed by atoms with Gasteiger partial charge in [-0.3, -0.25) is 4.79 Å². The van der Waals surface area contributed by atoms with Crippen LogP contribution in [0.3, 0.4) is 0 Å². The summed E-state index contributed by atoms with van der Waals surface area (Å²) in [5.74, 6) is -0.0170. The summed E-state index contributed by atoms with van der Waals surface area (Å²) in [6.07, 6.45) is 2.81. The standard InChI is InChI=1S/C14H17BrN2OS/c1-3-5-10(15)13(18)17-14-16-11-7-6-9(4-2)8-12(11)19-14/h6-8,10H,3-5H2,1-2H3,(H,16,17,18). The lowest BCUT2D eigenvalue weighted by atomic mass is 10.2. The number of carbonyl (C=O) groups excluding carboxylic acids is 1. The second-order valence-electron chi connectivity index (χ2n) is 4.42. The molecule has 0 bridgehead atoms. The molecule has 1 amide bonds. The van der Waals surface area contributed by atoms with Crippen LogP contribution < -0.4 is 5.32 Å². The molecule has 1 aromatic carbocycles. The van der Waals surface area contributed by atoms with Crippen molar-refractivity contribution >= 4 is 48.5 Å². The van der Waals surface area contributed by atoms with Gasteiger partial charge < -0.3 is 5.32 Å². The molecule has 0 aliphatic heterocycles. The van der Waals surface area contributed by atoms with E-state index >= 15 is 0 Å². The van der Waals surface area contributed by atoms with Gasteiger partial charge in [-0.2, -0.15) is 0 Å². The molecule has 19 heavy (non-hydrogen) atoms. The number of nitrogens with zero attached hydrogens (tertiary/aromatic N) is 1. The summed E-state index contributed by atoms with van der Waals surface area (Å²) >= 11 is 4.92. The number of aromatic nitrogens is 1. The van der Waals surface area contributed by atoms with E-state index in [1.54, 1.807) is 0 Å². The van der Waals surface area contributed by atoms with Gasteiger partial charge in [0.25, 0.3) is 0 Å². The van der Waals surface area contributed by atoms with Crippen molar-refractivity contribution in [2.24, 2.45) is 0 Å². The van der Waals surface area contributed by atoms with E-state index in [-0.39, 0.29) is 10.7 Å². The van der Waals surface area contributed by atoms with Gasteiger partial charge >= 0.3 is 0 Å². The van der Waals surface area contributed by atoms with Gasteiger partial charge in [0, 0.05) is 0 Å². The van der Waals surface area contributed by atoms with E-state index < -0.39 is 0 Å². The van der Waals surface area contributed by atoms with Gasteiger partial charge in [-0.1, -0.05) is 53.6 Å². The van der Waals surface area contributed by atoms with E-state index in [2.05, 4.69) is 52.2 Å². The summed E-state index contributed by atoms with van der Waals surface area (Å²) in [7, 11) is 0. The van der Waals surface area contributed by atoms with Crippen LogP contribution in [0.15, 0.2) is 18.2 Å². The first-order chi connectivity index (χ1) is 9.13. The lowest BCUT2D eigenvalue weighted by Gasteiger charge is -2.06. The molecule has 0 spiro atoms. The van der Waals surface area contributed by atoms with E-state index in [4.69, 9.17) is 0 Å². The molecular formula is C14H17BrN2OS.